The van der Waals surface area contributed by atoms with Gasteiger partial charge in [0.05, 0.1) is 34.3 Å². The molecule has 1 aliphatic heterocycles. The molecule has 0 spiro atoms. The molecule has 0 saturated carbocycles. The number of piperidine rings is 1. The molecule has 0 radical (unpaired) electrons. The molecule has 3 aromatic rings. The molecule has 9 heteroatoms. The molecule has 1 saturated heterocycles. The zero-order valence-corrected chi connectivity index (χ0v) is 19.6. The van der Waals surface area contributed by atoms with Gasteiger partial charge in [0.2, 0.25) is 0 Å². The van der Waals surface area contributed by atoms with Crippen molar-refractivity contribution < 1.29 is 31.5 Å². The van der Waals surface area contributed by atoms with Crippen LogP contribution in [-0.2, 0) is 6.54 Å². The van der Waals surface area contributed by atoms with Crippen LogP contribution in [0, 0.1) is 18.6 Å². The summed E-state index contributed by atoms with van der Waals surface area (Å²) in [6.07, 6.45) is -2.55. The summed E-state index contributed by atoms with van der Waals surface area (Å²) in [4.78, 5) is 6.13. The summed E-state index contributed by atoms with van der Waals surface area (Å²) in [5, 5.41) is 13.8. The summed E-state index contributed by atoms with van der Waals surface area (Å²) in [5.74, 6) is -2.72. The number of methoxy groups -OCH3 is 1. The second-order valence-corrected chi connectivity index (χ2v) is 9.02. The number of hydrogen-bond donors (Lipinski definition) is 2. The lowest BCUT2D eigenvalue weighted by Gasteiger charge is -2.47. The standard InChI is InChI=1S/C27H29F4N3O2/c1-17-11-22(19-12-21(29)24(36-2)13-20(19)28)32-15-23(17)34-10-6-9-27(16-34,25(35)26(30)31)33-14-18-7-4-3-5-8-18/h3-5,7-8,11-13,15,25-26,33,35H,6,9-10,14,16H2,1-2H3/t25-,27-/m1/s1/i2D3. The summed E-state index contributed by atoms with van der Waals surface area (Å²) in [7, 11) is -2.94. The molecule has 2 N–H and O–H groups in total. The number of anilines is 1. The minimum atomic E-state index is -2.95. The highest BCUT2D eigenvalue weighted by molar-refractivity contribution is 5.66. The van der Waals surface area contributed by atoms with Crippen molar-refractivity contribution in [3.63, 3.8) is 0 Å². The van der Waals surface area contributed by atoms with E-state index in [1.54, 1.807) is 6.92 Å². The van der Waals surface area contributed by atoms with Crippen LogP contribution in [0.1, 0.15) is 28.1 Å². The molecule has 2 atom stereocenters. The Labute approximate surface area is 212 Å². The average molecular weight is 507 g/mol. The predicted octanol–water partition coefficient (Wildman–Crippen LogP) is 5.10. The second-order valence-electron chi connectivity index (χ2n) is 9.02. The topological polar surface area (TPSA) is 57.6 Å². The van der Waals surface area contributed by atoms with Crippen molar-refractivity contribution in [1.29, 1.82) is 0 Å². The number of pyridine rings is 1. The Morgan fingerprint density at radius 1 is 1.19 bits per heavy atom. The van der Waals surface area contributed by atoms with Crippen LogP contribution in [0.5, 0.6) is 5.75 Å². The van der Waals surface area contributed by atoms with Gasteiger partial charge in [0.15, 0.2) is 11.6 Å². The Morgan fingerprint density at radius 2 is 1.97 bits per heavy atom. The van der Waals surface area contributed by atoms with Gasteiger partial charge in [0, 0.05) is 31.3 Å². The largest absolute Gasteiger partial charge is 0.494 e. The third-order valence-corrected chi connectivity index (χ3v) is 6.65. The van der Waals surface area contributed by atoms with Crippen molar-refractivity contribution in [2.45, 2.75) is 44.4 Å². The summed E-state index contributed by atoms with van der Waals surface area (Å²) in [6, 6.07) is 12.3. The highest BCUT2D eigenvalue weighted by Crippen LogP contribution is 2.34. The molecule has 4 rings (SSSR count). The number of nitrogens with one attached hydrogen (secondary N) is 1. The molecule has 2 aromatic carbocycles. The van der Waals surface area contributed by atoms with E-state index in [0.29, 0.717) is 43.2 Å². The van der Waals surface area contributed by atoms with Gasteiger partial charge < -0.3 is 20.1 Å². The van der Waals surface area contributed by atoms with Crippen LogP contribution < -0.4 is 15.0 Å². The fourth-order valence-corrected chi connectivity index (χ4v) is 4.73. The molecule has 1 fully saturated rings. The highest BCUT2D eigenvalue weighted by Gasteiger charge is 2.45. The number of aromatic nitrogens is 1. The molecule has 0 aliphatic carbocycles. The van der Waals surface area contributed by atoms with Crippen molar-refractivity contribution >= 4 is 5.69 Å². The predicted molar refractivity (Wildman–Crippen MR) is 130 cm³/mol. The molecule has 0 bridgehead atoms. The van der Waals surface area contributed by atoms with Gasteiger partial charge in [0.25, 0.3) is 6.43 Å². The SMILES string of the molecule is [2H]C([2H])([2H])Oc1cc(F)c(-c2cc(C)c(N3CCC[C@](NCc4ccccc4)([C@H](O)C(F)F)C3)cn2)cc1F. The van der Waals surface area contributed by atoms with Crippen molar-refractivity contribution in [3.05, 3.63) is 77.5 Å². The lowest BCUT2D eigenvalue weighted by atomic mass is 9.83. The molecule has 192 valence electrons. The number of rotatable bonds is 8. The van der Waals surface area contributed by atoms with Gasteiger partial charge in [0.1, 0.15) is 11.9 Å². The maximum Gasteiger partial charge on any atom is 0.265 e. The number of hydrogen-bond acceptors (Lipinski definition) is 5. The average Bonchev–Trinajstić information content (AvgIpc) is 2.88. The van der Waals surface area contributed by atoms with Crippen molar-refractivity contribution in [2.24, 2.45) is 0 Å². The Kier molecular flexibility index (Phi) is 6.64. The van der Waals surface area contributed by atoms with Crippen LogP contribution in [0.15, 0.2) is 54.7 Å². The molecule has 36 heavy (non-hydrogen) atoms. The summed E-state index contributed by atoms with van der Waals surface area (Å²) in [5.41, 5.74) is 0.752. The van der Waals surface area contributed by atoms with Gasteiger partial charge in [-0.05, 0) is 43.0 Å². The number of aryl methyl sites for hydroxylation is 1. The van der Waals surface area contributed by atoms with E-state index in [-0.39, 0.29) is 17.8 Å². The van der Waals surface area contributed by atoms with Crippen molar-refractivity contribution in [1.82, 2.24) is 10.3 Å². The molecular formula is C27H29F4N3O2. The van der Waals surface area contributed by atoms with Crippen LogP contribution in [0.25, 0.3) is 11.3 Å². The molecule has 5 nitrogen and oxygen atoms in total. The van der Waals surface area contributed by atoms with Crippen LogP contribution in [0.4, 0.5) is 23.2 Å². The Bertz CT molecular complexity index is 1300. The molecule has 0 unspecified atom stereocenters. The number of ether oxygens (including phenoxy) is 1. The number of aliphatic hydroxyl groups excluding tert-OH is 1. The molecule has 1 aromatic heterocycles. The summed E-state index contributed by atoms with van der Waals surface area (Å²) < 4.78 is 82.6. The summed E-state index contributed by atoms with van der Waals surface area (Å²) in [6.45, 7) is 2.63. The fraction of sp³-hybridized carbons (Fsp3) is 0.370. The first-order chi connectivity index (χ1) is 18.4. The van der Waals surface area contributed by atoms with Gasteiger partial charge in [-0.3, -0.25) is 4.98 Å². The van der Waals surface area contributed by atoms with Gasteiger partial charge >= 0.3 is 0 Å². The van der Waals surface area contributed by atoms with Gasteiger partial charge in [-0.15, -0.1) is 0 Å². The van der Waals surface area contributed by atoms with Crippen LogP contribution >= 0.6 is 0 Å². The van der Waals surface area contributed by atoms with Crippen LogP contribution in [0.3, 0.4) is 0 Å². The summed E-state index contributed by atoms with van der Waals surface area (Å²) >= 11 is 0. The third-order valence-electron chi connectivity index (χ3n) is 6.65. The Morgan fingerprint density at radius 3 is 2.67 bits per heavy atom. The van der Waals surface area contributed by atoms with E-state index in [0.717, 1.165) is 11.6 Å². The zero-order chi connectivity index (χ0) is 28.4. The molecule has 0 amide bonds. The fourth-order valence-electron chi connectivity index (χ4n) is 4.73. The second kappa shape index (κ2) is 10.8. The number of halogens is 4. The van der Waals surface area contributed by atoms with Crippen molar-refractivity contribution in [3.8, 4) is 17.0 Å². The Hall–Kier alpha value is -3.17. The van der Waals surface area contributed by atoms with E-state index >= 15 is 0 Å². The van der Waals surface area contributed by atoms with E-state index < -0.39 is 42.5 Å². The lowest BCUT2D eigenvalue weighted by molar-refractivity contribution is -0.0657. The first-order valence-electron chi connectivity index (χ1n) is 13.0. The third kappa shape index (κ3) is 5.32. The monoisotopic (exact) mass is 506 g/mol. The Balaban J connectivity index is 1.59. The highest BCUT2D eigenvalue weighted by atomic mass is 19.3. The van der Waals surface area contributed by atoms with Gasteiger partial charge in [-0.2, -0.15) is 0 Å². The first-order valence-corrected chi connectivity index (χ1v) is 11.5. The number of aliphatic hydroxyl groups is 1. The van der Waals surface area contributed by atoms with E-state index in [2.05, 4.69) is 15.0 Å². The number of alkyl halides is 2. The number of benzene rings is 2. The molecule has 1 aliphatic rings. The maximum atomic E-state index is 14.8. The quantitative estimate of drug-likeness (QED) is 0.417. The minimum absolute atomic E-state index is 0.0807. The van der Waals surface area contributed by atoms with Crippen LogP contribution in [0.2, 0.25) is 0 Å². The lowest BCUT2D eigenvalue weighted by Crippen LogP contribution is -2.65. The van der Waals surface area contributed by atoms with E-state index in [1.807, 2.05) is 35.2 Å². The normalized spacial score (nSPS) is 20.5. The van der Waals surface area contributed by atoms with Gasteiger partial charge in [-0.25, -0.2) is 17.6 Å². The smallest absolute Gasteiger partial charge is 0.265 e. The van der Waals surface area contributed by atoms with E-state index in [1.165, 1.54) is 12.3 Å². The maximum absolute atomic E-state index is 14.8. The van der Waals surface area contributed by atoms with E-state index in [9.17, 15) is 22.7 Å². The molecule has 2 heterocycles. The number of nitrogens with zero attached hydrogens (tertiary/aromatic N) is 2. The van der Waals surface area contributed by atoms with Crippen molar-refractivity contribution in [2.75, 3.05) is 25.0 Å². The van der Waals surface area contributed by atoms with Gasteiger partial charge in [-0.1, -0.05) is 30.3 Å². The van der Waals surface area contributed by atoms with Crippen LogP contribution in [-0.4, -0.2) is 48.3 Å². The van der Waals surface area contributed by atoms with E-state index in [4.69, 9.17) is 4.11 Å². The first kappa shape index (κ1) is 22.1. The minimum Gasteiger partial charge on any atom is -0.494 e. The molecular weight excluding hydrogens is 474 g/mol. The zero-order valence-electron chi connectivity index (χ0n) is 22.6.